The van der Waals surface area contributed by atoms with Crippen molar-refractivity contribution < 1.29 is 22.4 Å². The molecule has 1 saturated heterocycles. The number of carbonyl (C=O) groups excluding carboxylic acids is 2. The summed E-state index contributed by atoms with van der Waals surface area (Å²) in [6, 6.07) is 9.80. The second-order valence-electron chi connectivity index (χ2n) is 9.43. The lowest BCUT2D eigenvalue weighted by Gasteiger charge is -2.43. The quantitative estimate of drug-likeness (QED) is 0.660. The third kappa shape index (κ3) is 3.76. The Labute approximate surface area is 199 Å². The molecule has 1 saturated carbocycles. The standard InChI is InChI=1S/C25H28FN3O4S/c1-16-15-27(25(31)18-5-3-6-18)24-14-20(8-10-23(24)29(16)17(2)30)19-7-9-22(21(26)13-19)28-11-4-12-34(28,32)33/h7-10,13-14,16,18H,3-6,11-12,15H2,1-2H3/t16-/m0/s1. The first-order valence-corrected chi connectivity index (χ1v) is 13.3. The van der Waals surface area contributed by atoms with E-state index in [2.05, 4.69) is 0 Å². The van der Waals surface area contributed by atoms with Crippen LogP contribution in [-0.4, -0.2) is 45.1 Å². The van der Waals surface area contributed by atoms with Crippen molar-refractivity contribution in [3.63, 3.8) is 0 Å². The third-order valence-corrected chi connectivity index (χ3v) is 8.98. The molecule has 0 bridgehead atoms. The molecule has 180 valence electrons. The van der Waals surface area contributed by atoms with Crippen molar-refractivity contribution in [3.05, 3.63) is 42.2 Å². The number of anilines is 3. The van der Waals surface area contributed by atoms with Gasteiger partial charge in [-0.05, 0) is 61.6 Å². The predicted molar refractivity (Wildman–Crippen MR) is 130 cm³/mol. The molecule has 1 aliphatic carbocycles. The minimum atomic E-state index is -3.48. The second-order valence-corrected chi connectivity index (χ2v) is 11.4. The fraction of sp³-hybridized carbons (Fsp3) is 0.440. The van der Waals surface area contributed by atoms with Crippen LogP contribution in [-0.2, 0) is 19.6 Å². The highest BCUT2D eigenvalue weighted by Gasteiger charge is 2.38. The van der Waals surface area contributed by atoms with Crippen molar-refractivity contribution >= 4 is 38.9 Å². The Morgan fingerprint density at radius 2 is 1.65 bits per heavy atom. The van der Waals surface area contributed by atoms with Crippen LogP contribution >= 0.6 is 0 Å². The highest BCUT2D eigenvalue weighted by atomic mass is 32.2. The van der Waals surface area contributed by atoms with E-state index in [1.165, 1.54) is 19.1 Å². The van der Waals surface area contributed by atoms with Crippen LogP contribution in [0.3, 0.4) is 0 Å². The molecule has 34 heavy (non-hydrogen) atoms. The zero-order chi connectivity index (χ0) is 24.2. The molecule has 1 atom stereocenters. The first kappa shape index (κ1) is 22.8. The Hall–Kier alpha value is -2.94. The number of sulfonamides is 1. The molecule has 9 heteroatoms. The zero-order valence-corrected chi connectivity index (χ0v) is 20.1. The number of amides is 2. The summed E-state index contributed by atoms with van der Waals surface area (Å²) in [6.07, 6.45) is 3.28. The van der Waals surface area contributed by atoms with Gasteiger partial charge >= 0.3 is 0 Å². The second kappa shape index (κ2) is 8.37. The van der Waals surface area contributed by atoms with E-state index in [0.29, 0.717) is 35.5 Å². The SMILES string of the molecule is CC(=O)N1c2ccc(-c3ccc(N4CCCS4(=O)=O)c(F)c3)cc2N(C(=O)C2CCC2)C[C@@H]1C. The van der Waals surface area contributed by atoms with Gasteiger partial charge in [-0.2, -0.15) is 0 Å². The zero-order valence-electron chi connectivity index (χ0n) is 19.3. The first-order chi connectivity index (χ1) is 16.2. The summed E-state index contributed by atoms with van der Waals surface area (Å²) in [6.45, 7) is 4.12. The minimum Gasteiger partial charge on any atom is -0.308 e. The van der Waals surface area contributed by atoms with E-state index in [1.807, 2.05) is 13.0 Å². The van der Waals surface area contributed by atoms with Gasteiger partial charge in [0.2, 0.25) is 21.8 Å². The van der Waals surface area contributed by atoms with E-state index in [1.54, 1.807) is 28.0 Å². The van der Waals surface area contributed by atoms with Crippen LogP contribution in [0.25, 0.3) is 11.1 Å². The van der Waals surface area contributed by atoms with Crippen LogP contribution < -0.4 is 14.1 Å². The summed E-state index contributed by atoms with van der Waals surface area (Å²) < 4.78 is 40.6. The van der Waals surface area contributed by atoms with Crippen LogP contribution in [0, 0.1) is 11.7 Å². The normalized spacial score (nSPS) is 21.9. The number of nitrogens with zero attached hydrogens (tertiary/aromatic N) is 3. The van der Waals surface area contributed by atoms with Crippen LogP contribution in [0.1, 0.15) is 39.5 Å². The molecule has 0 aromatic heterocycles. The van der Waals surface area contributed by atoms with Gasteiger partial charge in [-0.1, -0.05) is 18.6 Å². The Kier molecular flexibility index (Phi) is 5.62. The van der Waals surface area contributed by atoms with Crippen molar-refractivity contribution in [2.24, 2.45) is 5.92 Å². The number of hydrogen-bond donors (Lipinski definition) is 0. The van der Waals surface area contributed by atoms with E-state index in [0.717, 1.165) is 23.6 Å². The first-order valence-electron chi connectivity index (χ1n) is 11.7. The van der Waals surface area contributed by atoms with Crippen molar-refractivity contribution in [1.82, 2.24) is 0 Å². The molecule has 7 nitrogen and oxygen atoms in total. The maximum atomic E-state index is 15.0. The molecular formula is C25H28FN3O4S. The lowest BCUT2D eigenvalue weighted by Crippen LogP contribution is -2.53. The monoisotopic (exact) mass is 485 g/mol. The topological polar surface area (TPSA) is 78.0 Å². The maximum absolute atomic E-state index is 15.0. The average Bonchev–Trinajstić information content (AvgIpc) is 3.09. The summed E-state index contributed by atoms with van der Waals surface area (Å²) >= 11 is 0. The predicted octanol–water partition coefficient (Wildman–Crippen LogP) is 3.92. The smallest absolute Gasteiger partial charge is 0.235 e. The molecule has 0 N–H and O–H groups in total. The molecule has 2 heterocycles. The molecular weight excluding hydrogens is 457 g/mol. The van der Waals surface area contributed by atoms with Gasteiger partial charge in [0, 0.05) is 25.9 Å². The fourth-order valence-electron chi connectivity index (χ4n) is 5.17. The van der Waals surface area contributed by atoms with Gasteiger partial charge in [-0.3, -0.25) is 13.9 Å². The number of carbonyl (C=O) groups is 2. The molecule has 5 rings (SSSR count). The number of halogens is 1. The molecule has 0 radical (unpaired) electrons. The van der Waals surface area contributed by atoms with E-state index < -0.39 is 15.8 Å². The van der Waals surface area contributed by atoms with E-state index in [9.17, 15) is 18.0 Å². The van der Waals surface area contributed by atoms with Gasteiger partial charge in [0.15, 0.2) is 0 Å². The van der Waals surface area contributed by atoms with E-state index >= 15 is 4.39 Å². The Morgan fingerprint density at radius 1 is 0.971 bits per heavy atom. The molecule has 0 spiro atoms. The summed E-state index contributed by atoms with van der Waals surface area (Å²) in [5, 5.41) is 0. The van der Waals surface area contributed by atoms with Crippen LogP contribution in [0.15, 0.2) is 36.4 Å². The largest absolute Gasteiger partial charge is 0.308 e. The van der Waals surface area contributed by atoms with Gasteiger partial charge in [0.25, 0.3) is 0 Å². The molecule has 2 aliphatic heterocycles. The van der Waals surface area contributed by atoms with Gasteiger partial charge in [0.05, 0.1) is 28.9 Å². The van der Waals surface area contributed by atoms with Crippen LogP contribution in [0.4, 0.5) is 21.5 Å². The van der Waals surface area contributed by atoms with Gasteiger partial charge in [0.1, 0.15) is 5.82 Å². The van der Waals surface area contributed by atoms with E-state index in [-0.39, 0.29) is 41.8 Å². The number of benzene rings is 2. The molecule has 3 aliphatic rings. The number of rotatable bonds is 3. The van der Waals surface area contributed by atoms with Crippen molar-refractivity contribution in [1.29, 1.82) is 0 Å². The van der Waals surface area contributed by atoms with Gasteiger partial charge in [-0.15, -0.1) is 0 Å². The lowest BCUT2D eigenvalue weighted by atomic mass is 9.84. The molecule has 2 aromatic rings. The van der Waals surface area contributed by atoms with E-state index in [4.69, 9.17) is 0 Å². The highest BCUT2D eigenvalue weighted by Crippen LogP contribution is 2.41. The number of hydrogen-bond acceptors (Lipinski definition) is 4. The van der Waals surface area contributed by atoms with Crippen LogP contribution in [0.5, 0.6) is 0 Å². The number of fused-ring (bicyclic) bond motifs is 1. The summed E-state index contributed by atoms with van der Waals surface area (Å²) in [5.41, 5.74) is 2.64. The van der Waals surface area contributed by atoms with Gasteiger partial charge in [-0.25, -0.2) is 12.8 Å². The summed E-state index contributed by atoms with van der Waals surface area (Å²) in [4.78, 5) is 29.1. The average molecular weight is 486 g/mol. The highest BCUT2D eigenvalue weighted by molar-refractivity contribution is 7.93. The van der Waals surface area contributed by atoms with Crippen molar-refractivity contribution in [3.8, 4) is 11.1 Å². The summed E-state index contributed by atoms with van der Waals surface area (Å²) in [7, 11) is -3.48. The Balaban J connectivity index is 1.55. The third-order valence-electron chi connectivity index (χ3n) is 7.12. The molecule has 2 fully saturated rings. The Bertz CT molecular complexity index is 1270. The van der Waals surface area contributed by atoms with Crippen molar-refractivity contribution in [2.75, 3.05) is 32.9 Å². The molecule has 0 unspecified atom stereocenters. The van der Waals surface area contributed by atoms with Crippen LogP contribution in [0.2, 0.25) is 0 Å². The molecule has 2 amide bonds. The fourth-order valence-corrected chi connectivity index (χ4v) is 6.74. The van der Waals surface area contributed by atoms with Crippen molar-refractivity contribution in [2.45, 2.75) is 45.6 Å². The minimum absolute atomic E-state index is 0.00622. The van der Waals surface area contributed by atoms with Gasteiger partial charge < -0.3 is 9.80 Å². The lowest BCUT2D eigenvalue weighted by molar-refractivity contribution is -0.125. The maximum Gasteiger partial charge on any atom is 0.235 e. The summed E-state index contributed by atoms with van der Waals surface area (Å²) in [5.74, 6) is -0.608. The molecule has 2 aromatic carbocycles. The Morgan fingerprint density at radius 3 is 2.21 bits per heavy atom.